The zero-order chi connectivity index (χ0) is 14.1. The molecule has 0 fully saturated rings. The van der Waals surface area contributed by atoms with Gasteiger partial charge in [-0.2, -0.15) is 0 Å². The van der Waals surface area contributed by atoms with Crippen LogP contribution < -0.4 is 10.9 Å². The topological polar surface area (TPSA) is 71.2 Å². The number of rotatable bonds is 2. The van der Waals surface area contributed by atoms with Gasteiger partial charge in [-0.05, 0) is 38.0 Å². The van der Waals surface area contributed by atoms with E-state index in [9.17, 15) is 9.59 Å². The van der Waals surface area contributed by atoms with Crippen LogP contribution in [0.1, 0.15) is 29.3 Å². The summed E-state index contributed by atoms with van der Waals surface area (Å²) in [6, 6.07) is 5.26. The minimum atomic E-state index is -0.374. The number of hydrogen-bond acceptors (Lipinski definition) is 4. The Morgan fingerprint density at radius 3 is 3.05 bits per heavy atom. The Bertz CT molecular complexity index is 734. The molecule has 0 unspecified atom stereocenters. The standard InChI is InChI=1S/C15H16N2O3/c1-2-20-15(19)9-5-6-10-12(8-9)17-14(18)11-4-3-7-16-13(10)11/h5-6,8,16H,2-4,7H2,1H3,(H,17,18). The van der Waals surface area contributed by atoms with Crippen LogP contribution in [0.4, 0.5) is 5.69 Å². The molecule has 0 radical (unpaired) electrons. The molecular formula is C15H16N2O3. The van der Waals surface area contributed by atoms with Gasteiger partial charge in [-0.1, -0.05) is 0 Å². The lowest BCUT2D eigenvalue weighted by Gasteiger charge is -2.19. The number of carbonyl (C=O) groups is 1. The Balaban J connectivity index is 2.16. The molecule has 1 aromatic carbocycles. The van der Waals surface area contributed by atoms with Gasteiger partial charge in [-0.25, -0.2) is 4.79 Å². The number of aromatic nitrogens is 1. The first-order chi connectivity index (χ1) is 9.70. The molecule has 20 heavy (non-hydrogen) atoms. The summed E-state index contributed by atoms with van der Waals surface area (Å²) in [5, 5.41) is 4.22. The SMILES string of the molecule is CCOC(=O)c1ccc2c3c(c(=O)[nH]c2c1)CCCN3. The number of hydrogen-bond donors (Lipinski definition) is 2. The molecule has 0 aliphatic carbocycles. The summed E-state index contributed by atoms with van der Waals surface area (Å²) >= 11 is 0. The van der Waals surface area contributed by atoms with Crippen LogP contribution >= 0.6 is 0 Å². The first-order valence-electron chi connectivity index (χ1n) is 6.80. The van der Waals surface area contributed by atoms with Gasteiger partial charge in [-0.3, -0.25) is 4.79 Å². The van der Waals surface area contributed by atoms with Gasteiger partial charge >= 0.3 is 5.97 Å². The third kappa shape index (κ3) is 2.05. The summed E-state index contributed by atoms with van der Waals surface area (Å²) in [5.41, 5.74) is 2.72. The Morgan fingerprint density at radius 2 is 2.25 bits per heavy atom. The molecule has 0 saturated heterocycles. The molecule has 1 aromatic heterocycles. The molecule has 2 N–H and O–H groups in total. The first-order valence-corrected chi connectivity index (χ1v) is 6.80. The highest BCUT2D eigenvalue weighted by Gasteiger charge is 2.17. The molecule has 5 nitrogen and oxygen atoms in total. The summed E-state index contributed by atoms with van der Waals surface area (Å²) in [4.78, 5) is 26.7. The third-order valence-electron chi connectivity index (χ3n) is 3.53. The van der Waals surface area contributed by atoms with Crippen LogP contribution in [0.15, 0.2) is 23.0 Å². The van der Waals surface area contributed by atoms with Crippen molar-refractivity contribution in [2.24, 2.45) is 0 Å². The van der Waals surface area contributed by atoms with Crippen LogP contribution in [0, 0.1) is 0 Å². The fourth-order valence-electron chi connectivity index (χ4n) is 2.60. The van der Waals surface area contributed by atoms with E-state index in [0.29, 0.717) is 17.7 Å². The quantitative estimate of drug-likeness (QED) is 0.821. The number of nitrogens with one attached hydrogen (secondary N) is 2. The summed E-state index contributed by atoms with van der Waals surface area (Å²) in [7, 11) is 0. The lowest BCUT2D eigenvalue weighted by Crippen LogP contribution is -2.22. The van der Waals surface area contributed by atoms with Gasteiger partial charge in [-0.15, -0.1) is 0 Å². The van der Waals surface area contributed by atoms with Gasteiger partial charge in [0.15, 0.2) is 0 Å². The Labute approximate surface area is 116 Å². The number of aromatic amines is 1. The highest BCUT2D eigenvalue weighted by atomic mass is 16.5. The molecule has 0 spiro atoms. The zero-order valence-electron chi connectivity index (χ0n) is 11.3. The molecule has 5 heteroatoms. The normalized spacial score (nSPS) is 13.7. The molecular weight excluding hydrogens is 256 g/mol. The van der Waals surface area contributed by atoms with E-state index in [0.717, 1.165) is 36.0 Å². The fourth-order valence-corrected chi connectivity index (χ4v) is 2.60. The second-order valence-electron chi connectivity index (χ2n) is 4.82. The molecule has 3 rings (SSSR count). The number of H-pyrrole nitrogens is 1. The highest BCUT2D eigenvalue weighted by Crippen LogP contribution is 2.27. The predicted molar refractivity (Wildman–Crippen MR) is 77.3 cm³/mol. The maximum absolute atomic E-state index is 12.1. The van der Waals surface area contributed by atoms with Gasteiger partial charge in [0.2, 0.25) is 0 Å². The second kappa shape index (κ2) is 5.00. The maximum atomic E-state index is 12.1. The van der Waals surface area contributed by atoms with E-state index in [1.807, 2.05) is 6.07 Å². The zero-order valence-corrected chi connectivity index (χ0v) is 11.3. The minimum Gasteiger partial charge on any atom is -0.462 e. The smallest absolute Gasteiger partial charge is 0.338 e. The van der Waals surface area contributed by atoms with E-state index in [4.69, 9.17) is 4.74 Å². The molecule has 0 saturated carbocycles. The van der Waals surface area contributed by atoms with E-state index in [-0.39, 0.29) is 11.5 Å². The number of anilines is 1. The average Bonchev–Trinajstić information content (AvgIpc) is 2.47. The van der Waals surface area contributed by atoms with Gasteiger partial charge < -0.3 is 15.0 Å². The largest absolute Gasteiger partial charge is 0.462 e. The van der Waals surface area contributed by atoms with Crippen molar-refractivity contribution in [1.82, 2.24) is 4.98 Å². The summed E-state index contributed by atoms with van der Waals surface area (Å²) in [5.74, 6) is -0.374. The van der Waals surface area contributed by atoms with Gasteiger partial charge in [0.05, 0.1) is 23.4 Å². The third-order valence-corrected chi connectivity index (χ3v) is 3.53. The summed E-state index contributed by atoms with van der Waals surface area (Å²) in [6.45, 7) is 2.96. The lowest BCUT2D eigenvalue weighted by molar-refractivity contribution is 0.0526. The second-order valence-corrected chi connectivity index (χ2v) is 4.82. The minimum absolute atomic E-state index is 0.0827. The first kappa shape index (κ1) is 12.7. The number of benzene rings is 1. The monoisotopic (exact) mass is 272 g/mol. The van der Waals surface area contributed by atoms with Crippen molar-refractivity contribution in [2.75, 3.05) is 18.5 Å². The Kier molecular flexibility index (Phi) is 3.18. The van der Waals surface area contributed by atoms with Crippen molar-refractivity contribution >= 4 is 22.6 Å². The fraction of sp³-hybridized carbons (Fsp3) is 0.333. The van der Waals surface area contributed by atoms with E-state index in [1.165, 1.54) is 0 Å². The summed E-state index contributed by atoms with van der Waals surface area (Å²) in [6.07, 6.45) is 1.75. The van der Waals surface area contributed by atoms with Crippen molar-refractivity contribution in [1.29, 1.82) is 0 Å². The van der Waals surface area contributed by atoms with Crippen LogP contribution in [-0.2, 0) is 11.2 Å². The van der Waals surface area contributed by atoms with Crippen molar-refractivity contribution in [3.63, 3.8) is 0 Å². The van der Waals surface area contributed by atoms with Crippen molar-refractivity contribution in [2.45, 2.75) is 19.8 Å². The van der Waals surface area contributed by atoms with Gasteiger partial charge in [0, 0.05) is 17.5 Å². The van der Waals surface area contributed by atoms with Crippen LogP contribution in [0.5, 0.6) is 0 Å². The number of pyridine rings is 1. The molecule has 0 bridgehead atoms. The van der Waals surface area contributed by atoms with Crippen molar-refractivity contribution < 1.29 is 9.53 Å². The van der Waals surface area contributed by atoms with Crippen LogP contribution in [0.25, 0.3) is 10.9 Å². The number of esters is 1. The Morgan fingerprint density at radius 1 is 1.40 bits per heavy atom. The van der Waals surface area contributed by atoms with Crippen molar-refractivity contribution in [3.8, 4) is 0 Å². The molecule has 2 aromatic rings. The summed E-state index contributed by atoms with van der Waals surface area (Å²) < 4.78 is 4.97. The van der Waals surface area contributed by atoms with E-state index >= 15 is 0 Å². The van der Waals surface area contributed by atoms with Gasteiger partial charge in [0.25, 0.3) is 5.56 Å². The molecule has 0 amide bonds. The number of carbonyl (C=O) groups excluding carboxylic acids is 1. The predicted octanol–water partition coefficient (Wildman–Crippen LogP) is 2.06. The van der Waals surface area contributed by atoms with Crippen LogP contribution in [0.3, 0.4) is 0 Å². The lowest BCUT2D eigenvalue weighted by atomic mass is 10.0. The van der Waals surface area contributed by atoms with Crippen LogP contribution in [0.2, 0.25) is 0 Å². The Hall–Kier alpha value is -2.30. The van der Waals surface area contributed by atoms with Crippen LogP contribution in [-0.4, -0.2) is 24.1 Å². The molecule has 104 valence electrons. The van der Waals surface area contributed by atoms with Gasteiger partial charge in [0.1, 0.15) is 0 Å². The molecule has 2 heterocycles. The molecule has 1 aliphatic heterocycles. The van der Waals surface area contributed by atoms with Crippen molar-refractivity contribution in [3.05, 3.63) is 39.7 Å². The van der Waals surface area contributed by atoms with E-state index in [2.05, 4.69) is 10.3 Å². The average molecular weight is 272 g/mol. The molecule has 0 atom stereocenters. The van der Waals surface area contributed by atoms with E-state index < -0.39 is 0 Å². The number of fused-ring (bicyclic) bond motifs is 3. The highest BCUT2D eigenvalue weighted by molar-refractivity contribution is 5.99. The number of ether oxygens (including phenoxy) is 1. The van der Waals surface area contributed by atoms with E-state index in [1.54, 1.807) is 19.1 Å². The maximum Gasteiger partial charge on any atom is 0.338 e. The molecule has 1 aliphatic rings.